The fraction of sp³-hybridized carbons (Fsp3) is 0.227. The van der Waals surface area contributed by atoms with Gasteiger partial charge in [0.1, 0.15) is 5.69 Å². The van der Waals surface area contributed by atoms with Crippen molar-refractivity contribution in [3.8, 4) is 11.5 Å². The number of carbonyl (C=O) groups is 1. The lowest BCUT2D eigenvalue weighted by Crippen LogP contribution is -2.26. The normalized spacial score (nSPS) is 10.3. The maximum Gasteiger partial charge on any atom is 0.270 e. The maximum atomic E-state index is 12.4. The lowest BCUT2D eigenvalue weighted by atomic mass is 10.1. The maximum absolute atomic E-state index is 12.4. The van der Waals surface area contributed by atoms with Crippen LogP contribution in [0.4, 0.5) is 11.6 Å². The molecular weight excluding hydrogens is 368 g/mol. The quantitative estimate of drug-likeness (QED) is 0.610. The van der Waals surface area contributed by atoms with Crippen LogP contribution in [0.1, 0.15) is 21.6 Å². The van der Waals surface area contributed by atoms with Crippen LogP contribution in [0.3, 0.4) is 0 Å². The van der Waals surface area contributed by atoms with Gasteiger partial charge in [-0.2, -0.15) is 0 Å². The Balaban J connectivity index is 1.58. The Labute approximate surface area is 170 Å². The van der Waals surface area contributed by atoms with E-state index in [1.165, 1.54) is 0 Å². The number of nitrogens with one attached hydrogen (secondary N) is 2. The number of nitrogens with zero attached hydrogens (tertiary/aromatic N) is 2. The van der Waals surface area contributed by atoms with Gasteiger partial charge in [0.05, 0.1) is 14.2 Å². The van der Waals surface area contributed by atoms with Gasteiger partial charge < -0.3 is 20.1 Å². The first-order valence-electron chi connectivity index (χ1n) is 9.25. The number of aromatic nitrogens is 2. The largest absolute Gasteiger partial charge is 0.493 e. The van der Waals surface area contributed by atoms with E-state index in [1.54, 1.807) is 26.5 Å². The fourth-order valence-corrected chi connectivity index (χ4v) is 2.84. The molecule has 1 heterocycles. The summed E-state index contributed by atoms with van der Waals surface area (Å²) in [6.45, 7) is 2.48. The summed E-state index contributed by atoms with van der Waals surface area (Å²) in [6, 6.07) is 15.2. The molecule has 0 aliphatic heterocycles. The SMILES string of the molecule is COc1ccc(CCNC(=O)c2ccnc(Nc3cccc(C)c3)n2)cc1OC. The van der Waals surface area contributed by atoms with Gasteiger partial charge in [-0.1, -0.05) is 18.2 Å². The molecule has 1 amide bonds. The number of amides is 1. The van der Waals surface area contributed by atoms with E-state index in [-0.39, 0.29) is 5.91 Å². The molecule has 1 aromatic heterocycles. The van der Waals surface area contributed by atoms with E-state index in [0.29, 0.717) is 36.1 Å². The summed E-state index contributed by atoms with van der Waals surface area (Å²) in [5, 5.41) is 6.00. The van der Waals surface area contributed by atoms with Gasteiger partial charge >= 0.3 is 0 Å². The zero-order chi connectivity index (χ0) is 20.6. The molecule has 0 fully saturated rings. The van der Waals surface area contributed by atoms with Crippen molar-refractivity contribution in [1.82, 2.24) is 15.3 Å². The van der Waals surface area contributed by atoms with E-state index < -0.39 is 0 Å². The summed E-state index contributed by atoms with van der Waals surface area (Å²) in [4.78, 5) is 20.9. The molecular formula is C22H24N4O3. The van der Waals surface area contributed by atoms with Crippen molar-refractivity contribution in [2.24, 2.45) is 0 Å². The Hall–Kier alpha value is -3.61. The third-order valence-corrected chi connectivity index (χ3v) is 4.31. The molecule has 2 aromatic carbocycles. The number of hydrogen-bond donors (Lipinski definition) is 2. The molecule has 7 nitrogen and oxygen atoms in total. The number of methoxy groups -OCH3 is 2. The van der Waals surface area contributed by atoms with Gasteiger partial charge in [0, 0.05) is 18.4 Å². The van der Waals surface area contributed by atoms with Crippen LogP contribution in [-0.4, -0.2) is 36.6 Å². The molecule has 0 saturated heterocycles. The van der Waals surface area contributed by atoms with E-state index in [9.17, 15) is 4.79 Å². The molecule has 7 heteroatoms. The molecule has 2 N–H and O–H groups in total. The second kappa shape index (κ2) is 9.54. The number of anilines is 2. The van der Waals surface area contributed by atoms with Gasteiger partial charge in [0.2, 0.25) is 5.95 Å². The van der Waals surface area contributed by atoms with Crippen molar-refractivity contribution in [1.29, 1.82) is 0 Å². The highest BCUT2D eigenvalue weighted by molar-refractivity contribution is 5.92. The zero-order valence-corrected chi connectivity index (χ0v) is 16.7. The molecule has 0 atom stereocenters. The van der Waals surface area contributed by atoms with Gasteiger partial charge in [-0.3, -0.25) is 4.79 Å². The summed E-state index contributed by atoms with van der Waals surface area (Å²) >= 11 is 0. The third kappa shape index (κ3) is 5.44. The number of aryl methyl sites for hydroxylation is 1. The molecule has 0 aliphatic rings. The Morgan fingerprint density at radius 1 is 1.03 bits per heavy atom. The number of ether oxygens (including phenoxy) is 2. The standard InChI is InChI=1S/C22H24N4O3/c1-15-5-4-6-17(13-15)25-22-24-12-10-18(26-22)21(27)23-11-9-16-7-8-19(28-2)20(14-16)29-3/h4-8,10,12-14H,9,11H2,1-3H3,(H,23,27)(H,24,25,26). The summed E-state index contributed by atoms with van der Waals surface area (Å²) in [6.07, 6.45) is 2.22. The summed E-state index contributed by atoms with van der Waals surface area (Å²) in [5.74, 6) is 1.47. The van der Waals surface area contributed by atoms with Gasteiger partial charge in [-0.25, -0.2) is 9.97 Å². The summed E-state index contributed by atoms with van der Waals surface area (Å²) in [5.41, 5.74) is 3.34. The number of hydrogen-bond acceptors (Lipinski definition) is 6. The number of rotatable bonds is 8. The van der Waals surface area contributed by atoms with Crippen molar-refractivity contribution >= 4 is 17.5 Å². The molecule has 3 aromatic rings. The van der Waals surface area contributed by atoms with Crippen molar-refractivity contribution in [3.63, 3.8) is 0 Å². The highest BCUT2D eigenvalue weighted by Gasteiger charge is 2.10. The highest BCUT2D eigenvalue weighted by Crippen LogP contribution is 2.27. The average molecular weight is 392 g/mol. The van der Waals surface area contributed by atoms with Crippen LogP contribution in [0.25, 0.3) is 0 Å². The van der Waals surface area contributed by atoms with Gasteiger partial charge in [0.15, 0.2) is 11.5 Å². The minimum absolute atomic E-state index is 0.250. The van der Waals surface area contributed by atoms with Gasteiger partial charge in [-0.05, 0) is 54.8 Å². The Kier molecular flexibility index (Phi) is 6.63. The van der Waals surface area contributed by atoms with E-state index >= 15 is 0 Å². The topological polar surface area (TPSA) is 85.4 Å². The summed E-state index contributed by atoms with van der Waals surface area (Å²) in [7, 11) is 3.20. The van der Waals surface area contributed by atoms with Crippen LogP contribution in [-0.2, 0) is 6.42 Å². The lowest BCUT2D eigenvalue weighted by molar-refractivity contribution is 0.0949. The van der Waals surface area contributed by atoms with Crippen LogP contribution in [0.2, 0.25) is 0 Å². The van der Waals surface area contributed by atoms with Crippen LogP contribution in [0.5, 0.6) is 11.5 Å². The first-order chi connectivity index (χ1) is 14.1. The minimum atomic E-state index is -0.250. The Morgan fingerprint density at radius 3 is 2.62 bits per heavy atom. The van der Waals surface area contributed by atoms with Crippen LogP contribution < -0.4 is 20.1 Å². The number of carbonyl (C=O) groups excluding carboxylic acids is 1. The van der Waals surface area contributed by atoms with Crippen molar-refractivity contribution in [2.75, 3.05) is 26.1 Å². The van der Waals surface area contributed by atoms with Gasteiger partial charge in [0.25, 0.3) is 5.91 Å². The molecule has 0 aliphatic carbocycles. The Morgan fingerprint density at radius 2 is 1.86 bits per heavy atom. The Bertz CT molecular complexity index is 991. The van der Waals surface area contributed by atoms with Crippen LogP contribution >= 0.6 is 0 Å². The van der Waals surface area contributed by atoms with E-state index in [1.807, 2.05) is 49.4 Å². The summed E-state index contributed by atoms with van der Waals surface area (Å²) < 4.78 is 10.5. The van der Waals surface area contributed by atoms with Gasteiger partial charge in [-0.15, -0.1) is 0 Å². The predicted molar refractivity (Wildman–Crippen MR) is 112 cm³/mol. The molecule has 0 radical (unpaired) electrons. The van der Waals surface area contributed by atoms with E-state index in [0.717, 1.165) is 16.8 Å². The zero-order valence-electron chi connectivity index (χ0n) is 16.7. The highest BCUT2D eigenvalue weighted by atomic mass is 16.5. The smallest absolute Gasteiger partial charge is 0.270 e. The lowest BCUT2D eigenvalue weighted by Gasteiger charge is -2.10. The molecule has 3 rings (SSSR count). The minimum Gasteiger partial charge on any atom is -0.493 e. The fourth-order valence-electron chi connectivity index (χ4n) is 2.84. The van der Waals surface area contributed by atoms with Crippen LogP contribution in [0, 0.1) is 6.92 Å². The number of benzene rings is 2. The molecule has 0 unspecified atom stereocenters. The van der Waals surface area contributed by atoms with E-state index in [2.05, 4.69) is 20.6 Å². The van der Waals surface area contributed by atoms with E-state index in [4.69, 9.17) is 9.47 Å². The third-order valence-electron chi connectivity index (χ3n) is 4.31. The molecule has 29 heavy (non-hydrogen) atoms. The first-order valence-corrected chi connectivity index (χ1v) is 9.25. The molecule has 150 valence electrons. The average Bonchev–Trinajstić information content (AvgIpc) is 2.73. The monoisotopic (exact) mass is 392 g/mol. The first kappa shape index (κ1) is 20.1. The second-order valence-electron chi connectivity index (χ2n) is 6.46. The second-order valence-corrected chi connectivity index (χ2v) is 6.46. The van der Waals surface area contributed by atoms with Crippen LogP contribution in [0.15, 0.2) is 54.7 Å². The van der Waals surface area contributed by atoms with Crippen molar-refractivity contribution < 1.29 is 14.3 Å². The molecule has 0 spiro atoms. The van der Waals surface area contributed by atoms with Crippen molar-refractivity contribution in [2.45, 2.75) is 13.3 Å². The molecule has 0 saturated carbocycles. The predicted octanol–water partition coefficient (Wildman–Crippen LogP) is 3.52. The molecule has 0 bridgehead atoms. The van der Waals surface area contributed by atoms with Crippen molar-refractivity contribution in [3.05, 3.63) is 71.5 Å².